The second kappa shape index (κ2) is 8.87. The maximum atomic E-state index is 10.6. The molecule has 6 nitrogen and oxygen atoms in total. The molecular formula is C10H13NaO6S. The number of ether oxygens (including phenoxy) is 2. The van der Waals surface area contributed by atoms with Crippen LogP contribution in [0.25, 0.3) is 0 Å². The predicted molar refractivity (Wildman–Crippen MR) is 57.8 cm³/mol. The molecule has 1 N–H and O–H groups in total. The summed E-state index contributed by atoms with van der Waals surface area (Å²) in [6, 6.07) is 5.17. The van der Waals surface area contributed by atoms with Crippen molar-refractivity contribution >= 4 is 10.1 Å². The molecule has 8 heteroatoms. The van der Waals surface area contributed by atoms with Gasteiger partial charge in [-0.2, -0.15) is 0 Å². The number of aliphatic hydroxyl groups excluding tert-OH is 1. The predicted octanol–water partition coefficient (Wildman–Crippen LogP) is -3.02. The quantitative estimate of drug-likeness (QED) is 0.325. The molecule has 18 heavy (non-hydrogen) atoms. The van der Waals surface area contributed by atoms with Crippen LogP contribution in [0, 0.1) is 0 Å². The Morgan fingerprint density at radius 2 is 1.72 bits per heavy atom. The molecule has 0 saturated carbocycles. The maximum absolute atomic E-state index is 10.6. The van der Waals surface area contributed by atoms with E-state index in [0.717, 1.165) is 0 Å². The second-order valence-corrected chi connectivity index (χ2v) is 4.49. The topological polar surface area (TPSA) is 95.9 Å². The molecule has 1 rings (SSSR count). The molecule has 1 aromatic carbocycles. The van der Waals surface area contributed by atoms with Gasteiger partial charge >= 0.3 is 29.6 Å². The van der Waals surface area contributed by atoms with E-state index in [1.807, 2.05) is 0 Å². The van der Waals surface area contributed by atoms with E-state index in [-0.39, 0.29) is 54.3 Å². The van der Waals surface area contributed by atoms with Crippen LogP contribution < -0.4 is 34.3 Å². The minimum Gasteiger partial charge on any atom is -0.744 e. The summed E-state index contributed by atoms with van der Waals surface area (Å²) in [7, 11) is -4.41. The zero-order valence-corrected chi connectivity index (χ0v) is 12.9. The number of rotatable bonds is 7. The molecule has 0 aliphatic carbocycles. The van der Waals surface area contributed by atoms with Crippen LogP contribution >= 0.6 is 0 Å². The molecule has 0 heterocycles. The van der Waals surface area contributed by atoms with E-state index in [0.29, 0.717) is 12.4 Å². The van der Waals surface area contributed by atoms with E-state index in [2.05, 4.69) is 0 Å². The van der Waals surface area contributed by atoms with Gasteiger partial charge in [0.05, 0.1) is 24.7 Å². The van der Waals surface area contributed by atoms with Crippen molar-refractivity contribution < 1.29 is 57.1 Å². The Labute approximate surface area is 128 Å². The van der Waals surface area contributed by atoms with Crippen molar-refractivity contribution in [3.8, 4) is 5.75 Å². The Kier molecular flexibility index (Phi) is 8.79. The van der Waals surface area contributed by atoms with Crippen molar-refractivity contribution in [1.29, 1.82) is 0 Å². The minimum atomic E-state index is -4.41. The van der Waals surface area contributed by atoms with Gasteiger partial charge in [-0.15, -0.1) is 0 Å². The number of hydrogen-bond acceptors (Lipinski definition) is 6. The van der Waals surface area contributed by atoms with Crippen LogP contribution in [-0.2, 0) is 14.9 Å². The van der Waals surface area contributed by atoms with Gasteiger partial charge in [-0.25, -0.2) is 8.42 Å². The SMILES string of the molecule is O=S(=O)([O-])c1ccc(OCCOCCO)cc1.[Na+]. The molecule has 0 aliphatic heterocycles. The summed E-state index contributed by atoms with van der Waals surface area (Å²) in [5.41, 5.74) is 0. The molecule has 0 fully saturated rings. The standard InChI is InChI=1S/C10H14O6S.Na/c11-5-6-15-7-8-16-9-1-3-10(4-2-9)17(12,13)14;/h1-4,11H,5-8H2,(H,12,13,14);/q;+1/p-1. The molecule has 0 unspecified atom stereocenters. The van der Waals surface area contributed by atoms with Crippen molar-refractivity contribution in [2.24, 2.45) is 0 Å². The fourth-order valence-corrected chi connectivity index (χ4v) is 1.56. The molecule has 0 amide bonds. The van der Waals surface area contributed by atoms with Gasteiger partial charge in [-0.05, 0) is 24.3 Å². The molecular weight excluding hydrogens is 271 g/mol. The third kappa shape index (κ3) is 6.69. The smallest absolute Gasteiger partial charge is 0.744 e. The average Bonchev–Trinajstić information content (AvgIpc) is 2.28. The Balaban J connectivity index is 0.00000289. The Morgan fingerprint density at radius 3 is 2.22 bits per heavy atom. The first-order chi connectivity index (χ1) is 8.04. The molecule has 0 radical (unpaired) electrons. The molecule has 96 valence electrons. The molecule has 0 aliphatic rings. The Hall–Kier alpha value is -0.150. The minimum absolute atomic E-state index is 0. The van der Waals surface area contributed by atoms with Gasteiger partial charge in [0.1, 0.15) is 22.5 Å². The summed E-state index contributed by atoms with van der Waals surface area (Å²) in [4.78, 5) is -0.290. The van der Waals surface area contributed by atoms with Crippen LogP contribution in [0.3, 0.4) is 0 Å². The third-order valence-electron chi connectivity index (χ3n) is 1.84. The van der Waals surface area contributed by atoms with Crippen LogP contribution in [0.5, 0.6) is 5.75 Å². The zero-order valence-electron chi connectivity index (χ0n) is 10.0. The van der Waals surface area contributed by atoms with Crippen molar-refractivity contribution in [2.45, 2.75) is 4.90 Å². The summed E-state index contributed by atoms with van der Waals surface area (Å²) in [6.45, 7) is 0.804. The van der Waals surface area contributed by atoms with Crippen LogP contribution in [0.15, 0.2) is 29.2 Å². The normalized spacial score (nSPS) is 10.8. The van der Waals surface area contributed by atoms with Gasteiger partial charge in [0.25, 0.3) is 0 Å². The average molecular weight is 284 g/mol. The van der Waals surface area contributed by atoms with E-state index in [1.54, 1.807) is 0 Å². The van der Waals surface area contributed by atoms with Crippen LogP contribution in [-0.4, -0.2) is 44.5 Å². The zero-order chi connectivity index (χ0) is 12.7. The van der Waals surface area contributed by atoms with Crippen LogP contribution in [0.4, 0.5) is 0 Å². The fraction of sp³-hybridized carbons (Fsp3) is 0.400. The van der Waals surface area contributed by atoms with E-state index >= 15 is 0 Å². The van der Waals surface area contributed by atoms with E-state index in [9.17, 15) is 13.0 Å². The summed E-state index contributed by atoms with van der Waals surface area (Å²) in [6.07, 6.45) is 0. The molecule has 0 bridgehead atoms. The first-order valence-corrected chi connectivity index (χ1v) is 6.32. The molecule has 1 aromatic rings. The molecule has 0 saturated heterocycles. The van der Waals surface area contributed by atoms with Crippen molar-refractivity contribution in [2.75, 3.05) is 26.4 Å². The summed E-state index contributed by atoms with van der Waals surface area (Å²) in [5, 5.41) is 8.44. The largest absolute Gasteiger partial charge is 1.00 e. The third-order valence-corrected chi connectivity index (χ3v) is 2.69. The second-order valence-electron chi connectivity index (χ2n) is 3.11. The van der Waals surface area contributed by atoms with Gasteiger partial charge in [0.15, 0.2) is 0 Å². The van der Waals surface area contributed by atoms with Gasteiger partial charge in [-0.3, -0.25) is 0 Å². The molecule has 0 atom stereocenters. The summed E-state index contributed by atoms with van der Waals surface area (Å²) >= 11 is 0. The first-order valence-electron chi connectivity index (χ1n) is 4.91. The summed E-state index contributed by atoms with van der Waals surface area (Å²) < 4.78 is 42.1. The number of benzene rings is 1. The van der Waals surface area contributed by atoms with Gasteiger partial charge in [0.2, 0.25) is 0 Å². The monoisotopic (exact) mass is 284 g/mol. The van der Waals surface area contributed by atoms with E-state index in [4.69, 9.17) is 14.6 Å². The molecule has 0 spiro atoms. The van der Waals surface area contributed by atoms with Crippen molar-refractivity contribution in [3.63, 3.8) is 0 Å². The van der Waals surface area contributed by atoms with Crippen LogP contribution in [0.2, 0.25) is 0 Å². The van der Waals surface area contributed by atoms with E-state index < -0.39 is 10.1 Å². The van der Waals surface area contributed by atoms with Gasteiger partial charge in [-0.1, -0.05) is 0 Å². The number of hydrogen-bond donors (Lipinski definition) is 1. The first kappa shape index (κ1) is 17.8. The van der Waals surface area contributed by atoms with E-state index in [1.165, 1.54) is 24.3 Å². The fourth-order valence-electron chi connectivity index (χ4n) is 1.09. The Morgan fingerprint density at radius 1 is 1.11 bits per heavy atom. The van der Waals surface area contributed by atoms with Crippen molar-refractivity contribution in [1.82, 2.24) is 0 Å². The van der Waals surface area contributed by atoms with Gasteiger partial charge in [0, 0.05) is 0 Å². The summed E-state index contributed by atoms with van der Waals surface area (Å²) in [5.74, 6) is 0.449. The molecule has 0 aromatic heterocycles. The number of aliphatic hydroxyl groups is 1. The van der Waals surface area contributed by atoms with Gasteiger partial charge < -0.3 is 19.1 Å². The van der Waals surface area contributed by atoms with Crippen molar-refractivity contribution in [3.05, 3.63) is 24.3 Å². The Bertz CT molecular complexity index is 430. The van der Waals surface area contributed by atoms with Crippen LogP contribution in [0.1, 0.15) is 0 Å². The maximum Gasteiger partial charge on any atom is 1.00 e.